The number of anilines is 1. The van der Waals surface area contributed by atoms with Gasteiger partial charge in [0.05, 0.1) is 24.3 Å². The van der Waals surface area contributed by atoms with E-state index in [0.717, 1.165) is 11.1 Å². The predicted octanol–water partition coefficient (Wildman–Crippen LogP) is 4.53. The van der Waals surface area contributed by atoms with Gasteiger partial charge in [0.25, 0.3) is 0 Å². The predicted molar refractivity (Wildman–Crippen MR) is 116 cm³/mol. The number of hydrogen-bond acceptors (Lipinski definition) is 5. The summed E-state index contributed by atoms with van der Waals surface area (Å²) in [4.78, 5) is 27.7. The van der Waals surface area contributed by atoms with E-state index < -0.39 is 5.97 Å². The van der Waals surface area contributed by atoms with Crippen LogP contribution in [-0.4, -0.2) is 33.9 Å². The Morgan fingerprint density at radius 3 is 2.40 bits per heavy atom. The number of carboxylic acids is 1. The van der Waals surface area contributed by atoms with Crippen LogP contribution < -0.4 is 14.8 Å². The monoisotopic (exact) mass is 470 g/mol. The average Bonchev–Trinajstić information content (AvgIpc) is 2.75. The molecule has 0 unspecified atom stereocenters. The minimum Gasteiger partial charge on any atom is -0.493 e. The number of aromatic carboxylic acids is 1. The second kappa shape index (κ2) is 10.4. The van der Waals surface area contributed by atoms with Gasteiger partial charge in [-0.15, -0.1) is 0 Å². The highest BCUT2D eigenvalue weighted by Gasteiger charge is 2.12. The summed E-state index contributed by atoms with van der Waals surface area (Å²) < 4.78 is 11.2. The molecule has 1 heterocycles. The van der Waals surface area contributed by atoms with Gasteiger partial charge in [-0.1, -0.05) is 34.1 Å². The lowest BCUT2D eigenvalue weighted by Crippen LogP contribution is -2.16. The van der Waals surface area contributed by atoms with Crippen molar-refractivity contribution in [3.05, 3.63) is 78.0 Å². The highest BCUT2D eigenvalue weighted by Crippen LogP contribution is 2.23. The highest BCUT2D eigenvalue weighted by atomic mass is 79.9. The van der Waals surface area contributed by atoms with Gasteiger partial charge in [0.2, 0.25) is 11.8 Å². The summed E-state index contributed by atoms with van der Waals surface area (Å²) in [5.41, 5.74) is 0.967. The number of rotatable bonds is 9. The third-order valence-corrected chi connectivity index (χ3v) is 4.31. The molecule has 0 saturated heterocycles. The maximum Gasteiger partial charge on any atom is 0.337 e. The van der Waals surface area contributed by atoms with Gasteiger partial charge in [-0.3, -0.25) is 4.79 Å². The number of hydrogen-bond donors (Lipinski definition) is 2. The van der Waals surface area contributed by atoms with Gasteiger partial charge in [-0.05, 0) is 42.0 Å². The first-order valence-electron chi connectivity index (χ1n) is 9.09. The van der Waals surface area contributed by atoms with Crippen LogP contribution in [0.25, 0.3) is 0 Å². The molecule has 0 aliphatic rings. The molecule has 2 aromatic carbocycles. The van der Waals surface area contributed by atoms with Crippen molar-refractivity contribution in [2.75, 3.05) is 17.3 Å². The smallest absolute Gasteiger partial charge is 0.337 e. The zero-order valence-electron chi connectivity index (χ0n) is 15.9. The topological polar surface area (TPSA) is 97.8 Å². The number of carbonyl (C=O) groups is 2. The number of halogens is 1. The summed E-state index contributed by atoms with van der Waals surface area (Å²) in [6.45, 7) is 0.582. The van der Waals surface area contributed by atoms with Crippen LogP contribution in [-0.2, 0) is 11.2 Å². The summed E-state index contributed by atoms with van der Waals surface area (Å²) in [5.74, 6) is 0.324. The molecular formula is C22H19BrN2O5. The summed E-state index contributed by atoms with van der Waals surface area (Å²) in [7, 11) is 0. The molecule has 154 valence electrons. The van der Waals surface area contributed by atoms with E-state index in [1.807, 2.05) is 12.1 Å². The molecule has 0 aliphatic carbocycles. The highest BCUT2D eigenvalue weighted by molar-refractivity contribution is 9.09. The SMILES string of the molecule is O=C(Cc1ccc(Oc2ccc(OCCBr)cc2)nc1)Nc1ccccc1C(=O)O. The molecule has 1 amide bonds. The summed E-state index contributed by atoms with van der Waals surface area (Å²) in [6, 6.07) is 16.8. The Balaban J connectivity index is 1.57. The maximum absolute atomic E-state index is 12.3. The number of benzene rings is 2. The third kappa shape index (κ3) is 6.05. The fourth-order valence-electron chi connectivity index (χ4n) is 2.62. The number of ether oxygens (including phenoxy) is 2. The van der Waals surface area contributed by atoms with Gasteiger partial charge in [-0.2, -0.15) is 0 Å². The Labute approximate surface area is 181 Å². The fourth-order valence-corrected chi connectivity index (χ4v) is 2.78. The molecule has 0 fully saturated rings. The van der Waals surface area contributed by atoms with Crippen molar-refractivity contribution in [3.8, 4) is 17.4 Å². The van der Waals surface area contributed by atoms with Crippen molar-refractivity contribution in [1.29, 1.82) is 0 Å². The van der Waals surface area contributed by atoms with Crippen molar-refractivity contribution < 1.29 is 24.2 Å². The molecule has 0 saturated carbocycles. The minimum absolute atomic E-state index is 0.0383. The van der Waals surface area contributed by atoms with Gasteiger partial charge in [-0.25, -0.2) is 9.78 Å². The number of alkyl halides is 1. The van der Waals surface area contributed by atoms with Crippen LogP contribution in [0.15, 0.2) is 66.9 Å². The fraction of sp³-hybridized carbons (Fsp3) is 0.136. The molecule has 0 radical (unpaired) electrons. The molecule has 0 spiro atoms. The Hall–Kier alpha value is -3.39. The minimum atomic E-state index is -1.10. The summed E-state index contributed by atoms with van der Waals surface area (Å²) >= 11 is 3.30. The van der Waals surface area contributed by atoms with Gasteiger partial charge in [0.1, 0.15) is 11.5 Å². The van der Waals surface area contributed by atoms with E-state index in [2.05, 4.69) is 26.2 Å². The van der Waals surface area contributed by atoms with Crippen LogP contribution in [0.1, 0.15) is 15.9 Å². The van der Waals surface area contributed by atoms with Crippen molar-refractivity contribution in [2.24, 2.45) is 0 Å². The maximum atomic E-state index is 12.3. The van der Waals surface area contributed by atoms with Gasteiger partial charge >= 0.3 is 5.97 Å². The Bertz CT molecular complexity index is 1010. The normalized spacial score (nSPS) is 10.3. The van der Waals surface area contributed by atoms with E-state index in [1.54, 1.807) is 48.7 Å². The van der Waals surface area contributed by atoms with E-state index in [-0.39, 0.29) is 23.6 Å². The lowest BCUT2D eigenvalue weighted by Gasteiger charge is -2.09. The molecule has 30 heavy (non-hydrogen) atoms. The average molecular weight is 471 g/mol. The summed E-state index contributed by atoms with van der Waals surface area (Å²) in [6.07, 6.45) is 1.60. The van der Waals surface area contributed by atoms with Crippen molar-refractivity contribution >= 4 is 33.5 Å². The molecule has 8 heteroatoms. The van der Waals surface area contributed by atoms with E-state index in [9.17, 15) is 14.7 Å². The number of para-hydroxylation sites is 1. The number of carboxylic acid groups (broad SMARTS) is 1. The molecule has 3 rings (SSSR count). The molecule has 7 nitrogen and oxygen atoms in total. The molecule has 0 aliphatic heterocycles. The lowest BCUT2D eigenvalue weighted by atomic mass is 10.1. The number of nitrogens with one attached hydrogen (secondary N) is 1. The first-order valence-corrected chi connectivity index (χ1v) is 10.2. The van der Waals surface area contributed by atoms with E-state index in [1.165, 1.54) is 6.07 Å². The van der Waals surface area contributed by atoms with Gasteiger partial charge < -0.3 is 19.9 Å². The Morgan fingerprint density at radius 2 is 1.73 bits per heavy atom. The Kier molecular flexibility index (Phi) is 7.40. The van der Waals surface area contributed by atoms with E-state index in [0.29, 0.717) is 23.8 Å². The molecule has 0 atom stereocenters. The van der Waals surface area contributed by atoms with Crippen LogP contribution in [0, 0.1) is 0 Å². The second-order valence-electron chi connectivity index (χ2n) is 6.19. The van der Waals surface area contributed by atoms with Crippen molar-refractivity contribution in [1.82, 2.24) is 4.98 Å². The van der Waals surface area contributed by atoms with Crippen molar-refractivity contribution in [3.63, 3.8) is 0 Å². The van der Waals surface area contributed by atoms with E-state index in [4.69, 9.17) is 9.47 Å². The van der Waals surface area contributed by atoms with Crippen LogP contribution in [0.5, 0.6) is 17.4 Å². The first-order chi connectivity index (χ1) is 14.5. The van der Waals surface area contributed by atoms with Crippen molar-refractivity contribution in [2.45, 2.75) is 6.42 Å². The van der Waals surface area contributed by atoms with E-state index >= 15 is 0 Å². The van der Waals surface area contributed by atoms with Crippen LogP contribution in [0.2, 0.25) is 0 Å². The standard InChI is InChI=1S/C22H19BrN2O5/c23-11-12-29-16-6-8-17(9-7-16)30-21-10-5-15(14-24-21)13-20(26)25-19-4-2-1-3-18(19)22(27)28/h1-10,14H,11-13H2,(H,25,26)(H,27,28). The zero-order chi connectivity index (χ0) is 21.3. The quantitative estimate of drug-likeness (QED) is 0.446. The molecule has 2 N–H and O–H groups in total. The summed E-state index contributed by atoms with van der Waals surface area (Å²) in [5, 5.41) is 12.6. The number of nitrogens with zero attached hydrogens (tertiary/aromatic N) is 1. The van der Waals surface area contributed by atoms with Gasteiger partial charge in [0, 0.05) is 17.6 Å². The third-order valence-electron chi connectivity index (χ3n) is 3.99. The number of pyridine rings is 1. The largest absolute Gasteiger partial charge is 0.493 e. The van der Waals surface area contributed by atoms with Crippen LogP contribution in [0.3, 0.4) is 0 Å². The molecule has 0 bridgehead atoms. The van der Waals surface area contributed by atoms with Gasteiger partial charge in [0.15, 0.2) is 0 Å². The van der Waals surface area contributed by atoms with Crippen LogP contribution >= 0.6 is 15.9 Å². The first kappa shape index (κ1) is 21.3. The number of aromatic nitrogens is 1. The number of amides is 1. The molecule has 1 aromatic heterocycles. The molecular weight excluding hydrogens is 452 g/mol. The number of carbonyl (C=O) groups excluding carboxylic acids is 1. The lowest BCUT2D eigenvalue weighted by molar-refractivity contribution is -0.115. The molecule has 3 aromatic rings. The Morgan fingerprint density at radius 1 is 1.00 bits per heavy atom. The zero-order valence-corrected chi connectivity index (χ0v) is 17.5. The second-order valence-corrected chi connectivity index (χ2v) is 6.98. The van der Waals surface area contributed by atoms with Crippen LogP contribution in [0.4, 0.5) is 5.69 Å².